The molecule has 0 aliphatic carbocycles. The van der Waals surface area contributed by atoms with Gasteiger partial charge in [-0.05, 0) is 24.1 Å². The van der Waals surface area contributed by atoms with E-state index in [0.717, 1.165) is 12.2 Å². The van der Waals surface area contributed by atoms with E-state index in [1.807, 2.05) is 12.1 Å². The molecule has 74 valence electrons. The number of methoxy groups -OCH3 is 1. The topological polar surface area (TPSA) is 18.5 Å². The van der Waals surface area contributed by atoms with E-state index in [1.54, 1.807) is 7.11 Å². The molecular weight excluding hydrogens is 188 g/mol. The van der Waals surface area contributed by atoms with Gasteiger partial charge in [0.1, 0.15) is 5.75 Å². The fourth-order valence-corrected chi connectivity index (χ4v) is 0.861. The number of halogens is 1. The van der Waals surface area contributed by atoms with Gasteiger partial charge in [-0.25, -0.2) is 0 Å². The molecule has 0 N–H and O–H groups in total. The number of aryl methyl sites for hydroxylation is 1. The maximum atomic E-state index is 5.01. The molecule has 0 bridgehead atoms. The molecule has 0 heterocycles. The average molecular weight is 203 g/mol. The van der Waals surface area contributed by atoms with E-state index in [2.05, 4.69) is 35.2 Å². The smallest absolute Gasteiger partial charge is 0.118 e. The summed E-state index contributed by atoms with van der Waals surface area (Å²) in [7, 11) is 3.07. The van der Waals surface area contributed by atoms with Crippen molar-refractivity contribution in [1.29, 1.82) is 0 Å². The van der Waals surface area contributed by atoms with Crippen molar-refractivity contribution in [3.05, 3.63) is 29.8 Å². The highest BCUT2D eigenvalue weighted by atomic mass is 35.5. The lowest BCUT2D eigenvalue weighted by molar-refractivity contribution is 0.414. The second-order valence-corrected chi connectivity index (χ2v) is 2.66. The van der Waals surface area contributed by atoms with Crippen LogP contribution in [0, 0.1) is 0 Å². The minimum atomic E-state index is 0.928. The van der Waals surface area contributed by atoms with Gasteiger partial charge < -0.3 is 4.74 Å². The Morgan fingerprint density at radius 3 is 1.92 bits per heavy atom. The summed E-state index contributed by atoms with van der Waals surface area (Å²) in [6.45, 7) is 2.14. The maximum Gasteiger partial charge on any atom is 0.118 e. The van der Waals surface area contributed by atoms with Gasteiger partial charge in [-0.3, -0.25) is 4.29 Å². The molecule has 3 heteroatoms. The Kier molecular flexibility index (Phi) is 7.45. The van der Waals surface area contributed by atoms with Gasteiger partial charge in [0.2, 0.25) is 0 Å². The van der Waals surface area contributed by atoms with Crippen molar-refractivity contribution in [2.75, 3.05) is 14.2 Å². The normalized spacial score (nSPS) is 8.62. The summed E-state index contributed by atoms with van der Waals surface area (Å²) in [5.74, 6) is 0.928. The Bertz CT molecular complexity index is 186. The van der Waals surface area contributed by atoms with Gasteiger partial charge in [-0.2, -0.15) is 0 Å². The van der Waals surface area contributed by atoms with Crippen LogP contribution < -0.4 is 4.74 Å². The minimum absolute atomic E-state index is 0.928. The summed E-state index contributed by atoms with van der Waals surface area (Å²) in [6, 6.07) is 8.13. The lowest BCUT2D eigenvalue weighted by atomic mass is 10.2. The van der Waals surface area contributed by atoms with Gasteiger partial charge in [-0.1, -0.05) is 19.1 Å². The average Bonchev–Trinajstić information content (AvgIpc) is 2.19. The van der Waals surface area contributed by atoms with E-state index in [9.17, 15) is 0 Å². The molecule has 0 unspecified atom stereocenters. The molecular formula is C10H15ClO2. The monoisotopic (exact) mass is 202 g/mol. The highest BCUT2D eigenvalue weighted by Gasteiger charge is 1.89. The quantitative estimate of drug-likeness (QED) is 0.734. The molecule has 2 nitrogen and oxygen atoms in total. The molecule has 1 aromatic carbocycles. The van der Waals surface area contributed by atoms with E-state index < -0.39 is 0 Å². The van der Waals surface area contributed by atoms with Crippen molar-refractivity contribution in [3.63, 3.8) is 0 Å². The highest BCUT2D eigenvalue weighted by Crippen LogP contribution is 2.10. The van der Waals surface area contributed by atoms with Crippen molar-refractivity contribution in [1.82, 2.24) is 0 Å². The van der Waals surface area contributed by atoms with Crippen LogP contribution in [0.5, 0.6) is 5.75 Å². The van der Waals surface area contributed by atoms with Gasteiger partial charge in [0.25, 0.3) is 0 Å². The first-order chi connectivity index (χ1) is 6.28. The summed E-state index contributed by atoms with van der Waals surface area (Å²) < 4.78 is 8.74. The first-order valence-corrected chi connectivity index (χ1v) is 4.37. The van der Waals surface area contributed by atoms with E-state index in [4.69, 9.17) is 4.74 Å². The van der Waals surface area contributed by atoms with Gasteiger partial charge >= 0.3 is 0 Å². The summed E-state index contributed by atoms with van der Waals surface area (Å²) in [5.41, 5.74) is 1.35. The van der Waals surface area contributed by atoms with E-state index >= 15 is 0 Å². The van der Waals surface area contributed by atoms with Crippen LogP contribution in [-0.2, 0) is 10.7 Å². The third-order valence-corrected chi connectivity index (χ3v) is 1.57. The third kappa shape index (κ3) is 5.50. The Labute approximate surface area is 84.6 Å². The van der Waals surface area contributed by atoms with Crippen molar-refractivity contribution in [2.24, 2.45) is 0 Å². The number of hydrogen-bond donors (Lipinski definition) is 0. The Balaban J connectivity index is 0.000000424. The molecule has 0 saturated heterocycles. The molecule has 0 spiro atoms. The summed E-state index contributed by atoms with van der Waals surface area (Å²) in [5, 5.41) is 0. The number of ether oxygens (including phenoxy) is 1. The van der Waals surface area contributed by atoms with Crippen LogP contribution in [0.25, 0.3) is 0 Å². The van der Waals surface area contributed by atoms with Gasteiger partial charge in [0.15, 0.2) is 0 Å². The number of benzene rings is 1. The SMILES string of the molecule is CCc1ccc(OC)cc1.COCl. The van der Waals surface area contributed by atoms with Crippen LogP contribution in [0.2, 0.25) is 0 Å². The van der Waals surface area contributed by atoms with Crippen LogP contribution in [0.15, 0.2) is 24.3 Å². The Morgan fingerprint density at radius 2 is 1.62 bits per heavy atom. The lowest BCUT2D eigenvalue weighted by Gasteiger charge is -1.99. The molecule has 0 saturated carbocycles. The largest absolute Gasteiger partial charge is 0.497 e. The predicted molar refractivity (Wildman–Crippen MR) is 55.2 cm³/mol. The maximum absolute atomic E-state index is 5.01. The predicted octanol–water partition coefficient (Wildman–Crippen LogP) is 3.04. The molecule has 0 fully saturated rings. The second-order valence-electron chi connectivity index (χ2n) is 2.36. The zero-order valence-electron chi connectivity index (χ0n) is 8.21. The van der Waals surface area contributed by atoms with Crippen molar-refractivity contribution in [3.8, 4) is 5.75 Å². The molecule has 0 atom stereocenters. The fraction of sp³-hybridized carbons (Fsp3) is 0.400. The molecule has 13 heavy (non-hydrogen) atoms. The van der Waals surface area contributed by atoms with Crippen LogP contribution >= 0.6 is 11.9 Å². The Hall–Kier alpha value is -0.730. The second kappa shape index (κ2) is 7.90. The van der Waals surface area contributed by atoms with E-state index in [0.29, 0.717) is 0 Å². The molecule has 1 aromatic rings. The van der Waals surface area contributed by atoms with Crippen LogP contribution in [0.3, 0.4) is 0 Å². The molecule has 0 aliphatic heterocycles. The Morgan fingerprint density at radius 1 is 1.15 bits per heavy atom. The molecule has 0 radical (unpaired) electrons. The first-order valence-electron chi connectivity index (χ1n) is 4.06. The van der Waals surface area contributed by atoms with Crippen molar-refractivity contribution >= 4 is 11.9 Å². The van der Waals surface area contributed by atoms with Crippen LogP contribution in [-0.4, -0.2) is 14.2 Å². The van der Waals surface area contributed by atoms with E-state index in [1.165, 1.54) is 12.7 Å². The number of rotatable bonds is 2. The first kappa shape index (κ1) is 12.3. The lowest BCUT2D eigenvalue weighted by Crippen LogP contribution is -1.83. The molecule has 0 aromatic heterocycles. The zero-order valence-corrected chi connectivity index (χ0v) is 8.97. The van der Waals surface area contributed by atoms with Crippen molar-refractivity contribution in [2.45, 2.75) is 13.3 Å². The molecule has 0 aliphatic rings. The van der Waals surface area contributed by atoms with Gasteiger partial charge in [0, 0.05) is 0 Å². The zero-order chi connectivity index (χ0) is 10.1. The van der Waals surface area contributed by atoms with E-state index in [-0.39, 0.29) is 0 Å². The van der Waals surface area contributed by atoms with Gasteiger partial charge in [-0.15, -0.1) is 0 Å². The number of hydrogen-bond acceptors (Lipinski definition) is 2. The molecule has 0 amide bonds. The summed E-state index contributed by atoms with van der Waals surface area (Å²) >= 11 is 4.50. The fourth-order valence-electron chi connectivity index (χ4n) is 0.861. The van der Waals surface area contributed by atoms with Crippen LogP contribution in [0.4, 0.5) is 0 Å². The highest BCUT2D eigenvalue weighted by molar-refractivity contribution is 6.07. The molecule has 1 rings (SSSR count). The third-order valence-electron chi connectivity index (χ3n) is 1.57. The standard InChI is InChI=1S/C9H12O.CH3ClO/c1-3-8-4-6-9(10-2)7-5-8;1-3-2/h4-7H,3H2,1-2H3;1H3. The van der Waals surface area contributed by atoms with Crippen molar-refractivity contribution < 1.29 is 9.03 Å². The van der Waals surface area contributed by atoms with Crippen LogP contribution in [0.1, 0.15) is 12.5 Å². The van der Waals surface area contributed by atoms with Gasteiger partial charge in [0.05, 0.1) is 26.1 Å². The summed E-state index contributed by atoms with van der Waals surface area (Å²) in [6.07, 6.45) is 1.09. The minimum Gasteiger partial charge on any atom is -0.497 e. The summed E-state index contributed by atoms with van der Waals surface area (Å²) in [4.78, 5) is 0.